The van der Waals surface area contributed by atoms with Gasteiger partial charge in [0.15, 0.2) is 0 Å². The molecule has 1 aliphatic rings. The van der Waals surface area contributed by atoms with Crippen molar-refractivity contribution in [3.63, 3.8) is 0 Å². The van der Waals surface area contributed by atoms with E-state index in [1.165, 1.54) is 25.0 Å². The Balaban J connectivity index is 1.88. The summed E-state index contributed by atoms with van der Waals surface area (Å²) in [5, 5.41) is 4.15. The second-order valence-electron chi connectivity index (χ2n) is 3.85. The number of aromatic nitrogens is 1. The summed E-state index contributed by atoms with van der Waals surface area (Å²) in [7, 11) is 0. The van der Waals surface area contributed by atoms with Gasteiger partial charge in [0, 0.05) is 22.5 Å². The normalized spacial score (nSPS) is 20.8. The Morgan fingerprint density at radius 1 is 1.44 bits per heavy atom. The molecule has 1 unspecified atom stereocenters. The molecule has 1 aliphatic heterocycles. The van der Waals surface area contributed by atoms with Crippen molar-refractivity contribution in [1.82, 2.24) is 4.98 Å². The Morgan fingerprint density at radius 3 is 3.00 bits per heavy atom. The van der Waals surface area contributed by atoms with Crippen molar-refractivity contribution in [2.75, 3.05) is 17.6 Å². The Morgan fingerprint density at radius 2 is 2.31 bits per heavy atom. The first-order valence-corrected chi connectivity index (χ1v) is 8.05. The number of halogens is 2. The van der Waals surface area contributed by atoms with E-state index in [0.717, 1.165) is 26.6 Å². The number of hydrogen-bond donors (Lipinski definition) is 1. The number of rotatable bonds is 3. The molecule has 0 saturated carbocycles. The fraction of sp³-hybridized carbons (Fsp3) is 0.545. The van der Waals surface area contributed by atoms with Crippen molar-refractivity contribution >= 4 is 49.4 Å². The monoisotopic (exact) mass is 364 g/mol. The highest BCUT2D eigenvalue weighted by molar-refractivity contribution is 9.11. The molecule has 0 aromatic carbocycles. The van der Waals surface area contributed by atoms with Crippen LogP contribution in [0.1, 0.15) is 19.3 Å². The molecule has 1 atom stereocenters. The second-order valence-corrected chi connectivity index (χ2v) is 7.03. The fourth-order valence-electron chi connectivity index (χ4n) is 1.72. The average molecular weight is 366 g/mol. The van der Waals surface area contributed by atoms with Gasteiger partial charge < -0.3 is 5.32 Å². The first-order chi connectivity index (χ1) is 7.75. The van der Waals surface area contributed by atoms with Crippen molar-refractivity contribution in [2.45, 2.75) is 24.5 Å². The molecule has 2 heterocycles. The summed E-state index contributed by atoms with van der Waals surface area (Å²) in [4.78, 5) is 4.35. The Kier molecular flexibility index (Phi) is 4.97. The average Bonchev–Trinajstić information content (AvgIpc) is 2.29. The van der Waals surface area contributed by atoms with Crippen molar-refractivity contribution in [3.8, 4) is 0 Å². The van der Waals surface area contributed by atoms with Gasteiger partial charge in [0.25, 0.3) is 0 Å². The molecule has 1 aromatic rings. The number of nitrogens with zero attached hydrogens (tertiary/aromatic N) is 1. The van der Waals surface area contributed by atoms with Crippen LogP contribution in [0.3, 0.4) is 0 Å². The van der Waals surface area contributed by atoms with Crippen LogP contribution in [-0.4, -0.2) is 22.5 Å². The van der Waals surface area contributed by atoms with Gasteiger partial charge >= 0.3 is 0 Å². The number of thioether (sulfide) groups is 1. The molecule has 1 saturated heterocycles. The highest BCUT2D eigenvalue weighted by Gasteiger charge is 2.14. The zero-order valence-corrected chi connectivity index (χ0v) is 12.9. The second kappa shape index (κ2) is 6.26. The Bertz CT molecular complexity index is 354. The molecule has 0 aliphatic carbocycles. The van der Waals surface area contributed by atoms with E-state index in [4.69, 9.17) is 0 Å². The largest absolute Gasteiger partial charge is 0.368 e. The summed E-state index contributed by atoms with van der Waals surface area (Å²) in [6.07, 6.45) is 5.89. The highest BCUT2D eigenvalue weighted by Crippen LogP contribution is 2.27. The molecule has 0 amide bonds. The molecule has 0 radical (unpaired) electrons. The lowest BCUT2D eigenvalue weighted by Gasteiger charge is -2.21. The van der Waals surface area contributed by atoms with Crippen LogP contribution in [0.2, 0.25) is 0 Å². The lowest BCUT2D eigenvalue weighted by atomic mass is 10.2. The van der Waals surface area contributed by atoms with Crippen LogP contribution in [-0.2, 0) is 0 Å². The van der Waals surface area contributed by atoms with Crippen LogP contribution in [0.4, 0.5) is 5.82 Å². The van der Waals surface area contributed by atoms with Gasteiger partial charge in [-0.15, -0.1) is 0 Å². The quantitative estimate of drug-likeness (QED) is 0.864. The summed E-state index contributed by atoms with van der Waals surface area (Å²) in [6.45, 7) is 1.01. The maximum Gasteiger partial charge on any atom is 0.140 e. The first-order valence-electron chi connectivity index (χ1n) is 5.42. The highest BCUT2D eigenvalue weighted by atomic mass is 79.9. The zero-order chi connectivity index (χ0) is 11.4. The predicted octanol–water partition coefficient (Wildman–Crippen LogP) is 4.30. The lowest BCUT2D eigenvalue weighted by Crippen LogP contribution is -2.20. The van der Waals surface area contributed by atoms with E-state index >= 15 is 0 Å². The maximum absolute atomic E-state index is 4.35. The van der Waals surface area contributed by atoms with Gasteiger partial charge in [0.05, 0.1) is 4.47 Å². The minimum Gasteiger partial charge on any atom is -0.368 e. The zero-order valence-electron chi connectivity index (χ0n) is 8.88. The number of anilines is 1. The van der Waals surface area contributed by atoms with Gasteiger partial charge in [-0.3, -0.25) is 0 Å². The molecule has 1 aromatic heterocycles. The van der Waals surface area contributed by atoms with Crippen LogP contribution < -0.4 is 5.32 Å². The third kappa shape index (κ3) is 3.64. The maximum atomic E-state index is 4.35. The molecule has 0 bridgehead atoms. The topological polar surface area (TPSA) is 24.9 Å². The summed E-state index contributed by atoms with van der Waals surface area (Å²) < 4.78 is 2.01. The summed E-state index contributed by atoms with van der Waals surface area (Å²) in [6, 6.07) is 2.02. The van der Waals surface area contributed by atoms with Crippen molar-refractivity contribution in [1.29, 1.82) is 0 Å². The molecular formula is C11H14Br2N2S. The number of nitrogens with one attached hydrogen (secondary N) is 1. The van der Waals surface area contributed by atoms with Gasteiger partial charge in [-0.05, 0) is 56.5 Å². The van der Waals surface area contributed by atoms with Crippen molar-refractivity contribution in [3.05, 3.63) is 21.2 Å². The van der Waals surface area contributed by atoms with E-state index < -0.39 is 0 Å². The number of hydrogen-bond acceptors (Lipinski definition) is 3. The van der Waals surface area contributed by atoms with E-state index in [-0.39, 0.29) is 0 Å². The minimum absolute atomic E-state index is 0.742. The van der Waals surface area contributed by atoms with Crippen LogP contribution in [0, 0.1) is 0 Å². The molecule has 2 nitrogen and oxygen atoms in total. The van der Waals surface area contributed by atoms with Gasteiger partial charge in [-0.25, -0.2) is 4.98 Å². The molecule has 88 valence electrons. The lowest BCUT2D eigenvalue weighted by molar-refractivity contribution is 0.677. The first kappa shape index (κ1) is 12.7. The Labute approximate surface area is 117 Å². The molecular weight excluding hydrogens is 352 g/mol. The fourth-order valence-corrected chi connectivity index (χ4v) is 4.09. The summed E-state index contributed by atoms with van der Waals surface area (Å²) in [5.41, 5.74) is 0. The third-order valence-electron chi connectivity index (χ3n) is 2.58. The smallest absolute Gasteiger partial charge is 0.140 e. The van der Waals surface area contributed by atoms with E-state index in [1.807, 2.05) is 12.3 Å². The third-order valence-corrected chi connectivity index (χ3v) is 5.02. The van der Waals surface area contributed by atoms with Gasteiger partial charge in [-0.1, -0.05) is 6.42 Å². The van der Waals surface area contributed by atoms with E-state index in [2.05, 4.69) is 53.9 Å². The summed E-state index contributed by atoms with van der Waals surface area (Å²) in [5.74, 6) is 2.25. The van der Waals surface area contributed by atoms with Gasteiger partial charge in [-0.2, -0.15) is 11.8 Å². The van der Waals surface area contributed by atoms with Crippen molar-refractivity contribution in [2.24, 2.45) is 0 Å². The molecule has 1 N–H and O–H groups in total. The Hall–Kier alpha value is 0.260. The molecule has 2 rings (SSSR count). The summed E-state index contributed by atoms with van der Waals surface area (Å²) >= 11 is 8.99. The molecule has 5 heteroatoms. The van der Waals surface area contributed by atoms with Crippen molar-refractivity contribution < 1.29 is 0 Å². The van der Waals surface area contributed by atoms with E-state index in [9.17, 15) is 0 Å². The van der Waals surface area contributed by atoms with Gasteiger partial charge in [0.2, 0.25) is 0 Å². The molecule has 16 heavy (non-hydrogen) atoms. The van der Waals surface area contributed by atoms with E-state index in [0.29, 0.717) is 0 Å². The van der Waals surface area contributed by atoms with Gasteiger partial charge in [0.1, 0.15) is 5.82 Å². The number of pyridine rings is 1. The van der Waals surface area contributed by atoms with Crippen LogP contribution >= 0.6 is 43.6 Å². The molecule has 1 fully saturated rings. The van der Waals surface area contributed by atoms with Crippen LogP contribution in [0.5, 0.6) is 0 Å². The van der Waals surface area contributed by atoms with Crippen LogP contribution in [0.15, 0.2) is 21.2 Å². The van der Waals surface area contributed by atoms with E-state index in [1.54, 1.807) is 0 Å². The minimum atomic E-state index is 0.742. The van der Waals surface area contributed by atoms with Crippen LogP contribution in [0.25, 0.3) is 0 Å². The predicted molar refractivity (Wildman–Crippen MR) is 78.2 cm³/mol. The standard InChI is InChI=1S/C11H14Br2N2S/c12-8-5-10(13)11(14-6-8)15-7-9-3-1-2-4-16-9/h5-6,9H,1-4,7H2,(H,14,15). The SMILES string of the molecule is Brc1cnc(NCC2CCCCS2)c(Br)c1. The molecule has 0 spiro atoms.